The highest BCUT2D eigenvalue weighted by molar-refractivity contribution is 6.09. The molecule has 1 amide bonds. The number of hydrogen-bond donors (Lipinski definition) is 1. The van der Waals surface area contributed by atoms with Gasteiger partial charge in [-0.1, -0.05) is 30.5 Å². The molecule has 1 aliphatic carbocycles. The third-order valence-electron chi connectivity index (χ3n) is 4.69. The number of benzene rings is 1. The first-order chi connectivity index (χ1) is 9.10. The summed E-state index contributed by atoms with van der Waals surface area (Å²) in [7, 11) is 0. The second-order valence-corrected chi connectivity index (χ2v) is 6.01. The van der Waals surface area contributed by atoms with E-state index in [-0.39, 0.29) is 5.41 Å². The van der Waals surface area contributed by atoms with Crippen molar-refractivity contribution < 1.29 is 4.79 Å². The van der Waals surface area contributed by atoms with Crippen molar-refractivity contribution in [3.63, 3.8) is 0 Å². The maximum Gasteiger partial charge on any atom is 0.237 e. The highest BCUT2D eigenvalue weighted by Gasteiger charge is 2.52. The first kappa shape index (κ1) is 12.7. The van der Waals surface area contributed by atoms with Crippen molar-refractivity contribution in [2.45, 2.75) is 44.9 Å². The zero-order chi connectivity index (χ0) is 13.6. The molecule has 1 aliphatic heterocycles. The third-order valence-corrected chi connectivity index (χ3v) is 4.69. The predicted molar refractivity (Wildman–Crippen MR) is 77.5 cm³/mol. The molecule has 2 aliphatic rings. The van der Waals surface area contributed by atoms with Crippen molar-refractivity contribution in [1.82, 2.24) is 0 Å². The Morgan fingerprint density at radius 2 is 1.95 bits per heavy atom. The summed E-state index contributed by atoms with van der Waals surface area (Å²) in [5, 5.41) is 0. The number of amides is 1. The molecule has 0 radical (unpaired) electrons. The summed E-state index contributed by atoms with van der Waals surface area (Å²) in [4.78, 5) is 14.9. The van der Waals surface area contributed by atoms with Crippen LogP contribution in [0.4, 0.5) is 5.69 Å². The molecule has 19 heavy (non-hydrogen) atoms. The standard InChI is InChI=1S/C16H22N2O/c1-11-9-12(2)14-13(10-11)16(5-3-4-6-16)15(19)18(14)8-7-17/h9-10H,3-8,17H2,1-2H3. The van der Waals surface area contributed by atoms with Gasteiger partial charge in [-0.15, -0.1) is 0 Å². The molecule has 1 spiro atoms. The number of rotatable bonds is 2. The molecule has 0 atom stereocenters. The van der Waals surface area contributed by atoms with E-state index < -0.39 is 0 Å². The average Bonchev–Trinajstić information content (AvgIpc) is 2.92. The van der Waals surface area contributed by atoms with Gasteiger partial charge in [0, 0.05) is 13.1 Å². The number of anilines is 1. The van der Waals surface area contributed by atoms with E-state index in [9.17, 15) is 4.79 Å². The molecule has 102 valence electrons. The van der Waals surface area contributed by atoms with Gasteiger partial charge in [-0.3, -0.25) is 4.79 Å². The zero-order valence-corrected chi connectivity index (χ0v) is 11.8. The molecule has 1 heterocycles. The molecular weight excluding hydrogens is 236 g/mol. The molecule has 1 saturated carbocycles. The smallest absolute Gasteiger partial charge is 0.237 e. The second-order valence-electron chi connectivity index (χ2n) is 6.01. The third kappa shape index (κ3) is 1.64. The van der Waals surface area contributed by atoms with Crippen LogP contribution in [0.5, 0.6) is 0 Å². The van der Waals surface area contributed by atoms with Gasteiger partial charge in [0.1, 0.15) is 0 Å². The average molecular weight is 258 g/mol. The summed E-state index contributed by atoms with van der Waals surface area (Å²) in [6.45, 7) is 5.38. The second kappa shape index (κ2) is 4.34. The van der Waals surface area contributed by atoms with E-state index >= 15 is 0 Å². The van der Waals surface area contributed by atoms with Crippen LogP contribution < -0.4 is 10.6 Å². The van der Waals surface area contributed by atoms with Gasteiger partial charge in [0.15, 0.2) is 0 Å². The van der Waals surface area contributed by atoms with Crippen LogP contribution in [-0.2, 0) is 10.2 Å². The number of fused-ring (bicyclic) bond motifs is 2. The van der Waals surface area contributed by atoms with E-state index in [1.165, 1.54) is 16.7 Å². The van der Waals surface area contributed by atoms with Crippen molar-refractivity contribution >= 4 is 11.6 Å². The molecule has 1 fully saturated rings. The van der Waals surface area contributed by atoms with Gasteiger partial charge in [0.05, 0.1) is 11.1 Å². The Hall–Kier alpha value is -1.35. The van der Waals surface area contributed by atoms with E-state index in [0.717, 1.165) is 31.4 Å². The lowest BCUT2D eigenvalue weighted by Crippen LogP contribution is -2.40. The van der Waals surface area contributed by atoms with Crippen LogP contribution in [0.3, 0.4) is 0 Å². The Kier molecular flexibility index (Phi) is 2.90. The maximum absolute atomic E-state index is 12.9. The molecule has 1 aromatic carbocycles. The van der Waals surface area contributed by atoms with Crippen molar-refractivity contribution in [1.29, 1.82) is 0 Å². The monoisotopic (exact) mass is 258 g/mol. The highest BCUT2D eigenvalue weighted by atomic mass is 16.2. The van der Waals surface area contributed by atoms with Gasteiger partial charge >= 0.3 is 0 Å². The van der Waals surface area contributed by atoms with E-state index in [1.54, 1.807) is 0 Å². The molecule has 3 heteroatoms. The Morgan fingerprint density at radius 3 is 2.58 bits per heavy atom. The van der Waals surface area contributed by atoms with Crippen LogP contribution in [0.25, 0.3) is 0 Å². The largest absolute Gasteiger partial charge is 0.329 e. The quantitative estimate of drug-likeness (QED) is 0.885. The summed E-state index contributed by atoms with van der Waals surface area (Å²) in [5.74, 6) is 0.291. The number of nitrogens with zero attached hydrogens (tertiary/aromatic N) is 1. The van der Waals surface area contributed by atoms with Gasteiger partial charge in [-0.05, 0) is 37.8 Å². The Bertz CT molecular complexity index is 530. The minimum absolute atomic E-state index is 0.235. The van der Waals surface area contributed by atoms with Crippen molar-refractivity contribution in [2.75, 3.05) is 18.0 Å². The minimum Gasteiger partial charge on any atom is -0.329 e. The topological polar surface area (TPSA) is 46.3 Å². The molecular formula is C16H22N2O. The molecule has 0 saturated heterocycles. The van der Waals surface area contributed by atoms with Gasteiger partial charge in [0.2, 0.25) is 5.91 Å². The molecule has 3 nitrogen and oxygen atoms in total. The summed E-state index contributed by atoms with van der Waals surface area (Å²) in [5.41, 5.74) is 10.3. The minimum atomic E-state index is -0.235. The molecule has 0 unspecified atom stereocenters. The fraction of sp³-hybridized carbons (Fsp3) is 0.562. The van der Waals surface area contributed by atoms with Crippen molar-refractivity contribution in [3.8, 4) is 0 Å². The maximum atomic E-state index is 12.9. The zero-order valence-electron chi connectivity index (χ0n) is 11.8. The van der Waals surface area contributed by atoms with Gasteiger partial charge in [-0.2, -0.15) is 0 Å². The first-order valence-electron chi connectivity index (χ1n) is 7.24. The Morgan fingerprint density at radius 1 is 1.26 bits per heavy atom. The summed E-state index contributed by atoms with van der Waals surface area (Å²) >= 11 is 0. The summed E-state index contributed by atoms with van der Waals surface area (Å²) < 4.78 is 0. The predicted octanol–water partition coefficient (Wildman–Crippen LogP) is 2.42. The molecule has 3 rings (SSSR count). The number of carbonyl (C=O) groups is 1. The van der Waals surface area contributed by atoms with E-state index in [0.29, 0.717) is 19.0 Å². The normalized spacial score (nSPS) is 20.4. The molecule has 0 aromatic heterocycles. The lowest BCUT2D eigenvalue weighted by Gasteiger charge is -2.23. The van der Waals surface area contributed by atoms with Crippen LogP contribution in [-0.4, -0.2) is 19.0 Å². The highest BCUT2D eigenvalue weighted by Crippen LogP contribution is 2.52. The van der Waals surface area contributed by atoms with Crippen LogP contribution >= 0.6 is 0 Å². The number of hydrogen-bond acceptors (Lipinski definition) is 2. The lowest BCUT2D eigenvalue weighted by atomic mass is 9.79. The summed E-state index contributed by atoms with van der Waals surface area (Å²) in [6, 6.07) is 4.39. The van der Waals surface area contributed by atoms with Crippen LogP contribution in [0.15, 0.2) is 12.1 Å². The number of aryl methyl sites for hydroxylation is 2. The number of carbonyl (C=O) groups excluding carboxylic acids is 1. The lowest BCUT2D eigenvalue weighted by molar-refractivity contribution is -0.123. The molecule has 1 aromatic rings. The van der Waals surface area contributed by atoms with Crippen LogP contribution in [0.1, 0.15) is 42.4 Å². The fourth-order valence-electron chi connectivity index (χ4n) is 3.96. The van der Waals surface area contributed by atoms with E-state index in [2.05, 4.69) is 26.0 Å². The summed E-state index contributed by atoms with van der Waals surface area (Å²) in [6.07, 6.45) is 4.33. The number of nitrogens with two attached hydrogens (primary N) is 1. The molecule has 2 N–H and O–H groups in total. The van der Waals surface area contributed by atoms with Crippen LogP contribution in [0, 0.1) is 13.8 Å². The Labute approximate surface area is 114 Å². The van der Waals surface area contributed by atoms with Crippen molar-refractivity contribution in [2.24, 2.45) is 5.73 Å². The molecule has 0 bridgehead atoms. The van der Waals surface area contributed by atoms with Gasteiger partial charge in [-0.25, -0.2) is 0 Å². The van der Waals surface area contributed by atoms with Gasteiger partial charge < -0.3 is 10.6 Å². The van der Waals surface area contributed by atoms with Crippen molar-refractivity contribution in [3.05, 3.63) is 28.8 Å². The fourth-order valence-corrected chi connectivity index (χ4v) is 3.96. The van der Waals surface area contributed by atoms with Crippen LogP contribution in [0.2, 0.25) is 0 Å². The van der Waals surface area contributed by atoms with Gasteiger partial charge in [0.25, 0.3) is 0 Å². The SMILES string of the molecule is Cc1cc(C)c2c(c1)C1(CCCC1)C(=O)N2CCN. The van der Waals surface area contributed by atoms with E-state index in [4.69, 9.17) is 5.73 Å². The van der Waals surface area contributed by atoms with E-state index in [1.807, 2.05) is 4.90 Å². The first-order valence-corrected chi connectivity index (χ1v) is 7.24. The Balaban J connectivity index is 2.21.